The highest BCUT2D eigenvalue weighted by Crippen LogP contribution is 2.35. The first kappa shape index (κ1) is 18.0. The molecule has 0 aromatic heterocycles. The highest BCUT2D eigenvalue weighted by Gasteiger charge is 2.21. The molecule has 6 heteroatoms. The molecule has 0 fully saturated rings. The Morgan fingerprint density at radius 3 is 2.50 bits per heavy atom. The summed E-state index contributed by atoms with van der Waals surface area (Å²) in [7, 11) is -3.99. The molecule has 2 aromatic carbocycles. The summed E-state index contributed by atoms with van der Waals surface area (Å²) in [6.07, 6.45) is 0.881. The highest BCUT2D eigenvalue weighted by molar-refractivity contribution is 7.87. The molecule has 0 aliphatic rings. The zero-order valence-electron chi connectivity index (χ0n) is 13.9. The van der Waals surface area contributed by atoms with Crippen LogP contribution in [0.5, 0.6) is 11.5 Å². The lowest BCUT2D eigenvalue weighted by Gasteiger charge is -2.16. The second kappa shape index (κ2) is 7.49. The molecular formula is C18H20O5S. The van der Waals surface area contributed by atoms with Gasteiger partial charge in [-0.15, -0.1) is 0 Å². The molecule has 0 aliphatic heterocycles. The molecule has 2 rings (SSSR count). The van der Waals surface area contributed by atoms with Crippen LogP contribution < -0.4 is 8.92 Å². The van der Waals surface area contributed by atoms with Crippen LogP contribution in [0.4, 0.5) is 0 Å². The number of hydrogen-bond acceptors (Lipinski definition) is 5. The number of benzene rings is 2. The van der Waals surface area contributed by atoms with Gasteiger partial charge in [0.05, 0.1) is 6.61 Å². The Kier molecular flexibility index (Phi) is 5.62. The summed E-state index contributed by atoms with van der Waals surface area (Å²) in [4.78, 5) is 11.0. The van der Waals surface area contributed by atoms with Crippen LogP contribution >= 0.6 is 0 Å². The van der Waals surface area contributed by atoms with Gasteiger partial charge in [-0.1, -0.05) is 18.2 Å². The minimum atomic E-state index is -3.99. The van der Waals surface area contributed by atoms with Gasteiger partial charge in [-0.05, 0) is 50.1 Å². The Morgan fingerprint density at radius 1 is 1.12 bits per heavy atom. The van der Waals surface area contributed by atoms with Crippen molar-refractivity contribution < 1.29 is 22.1 Å². The SMILES string of the molecule is CCOc1c(OS(=O)(=O)c2cccc(C)c2)ccc(C)c1CC=O. The molecule has 0 amide bonds. The fourth-order valence-corrected chi connectivity index (χ4v) is 3.39. The Morgan fingerprint density at radius 2 is 1.88 bits per heavy atom. The van der Waals surface area contributed by atoms with E-state index in [1.807, 2.05) is 6.92 Å². The molecule has 0 aliphatic carbocycles. The molecule has 0 saturated heterocycles. The van der Waals surface area contributed by atoms with Gasteiger partial charge in [-0.25, -0.2) is 0 Å². The Hall–Kier alpha value is -2.34. The maximum Gasteiger partial charge on any atom is 0.339 e. The van der Waals surface area contributed by atoms with Crippen molar-refractivity contribution in [3.63, 3.8) is 0 Å². The molecule has 24 heavy (non-hydrogen) atoms. The average molecular weight is 348 g/mol. The first-order chi connectivity index (χ1) is 11.4. The molecule has 5 nitrogen and oxygen atoms in total. The molecule has 0 unspecified atom stereocenters. The van der Waals surface area contributed by atoms with Crippen LogP contribution in [0.25, 0.3) is 0 Å². The van der Waals surface area contributed by atoms with Crippen LogP contribution in [0.15, 0.2) is 41.3 Å². The van der Waals surface area contributed by atoms with Gasteiger partial charge in [0.2, 0.25) is 0 Å². The van der Waals surface area contributed by atoms with E-state index in [1.54, 1.807) is 38.1 Å². The van der Waals surface area contributed by atoms with Crippen LogP contribution in [0.3, 0.4) is 0 Å². The summed E-state index contributed by atoms with van der Waals surface area (Å²) in [5.74, 6) is 0.377. The summed E-state index contributed by atoms with van der Waals surface area (Å²) < 4.78 is 35.9. The molecule has 0 bridgehead atoms. The molecule has 0 heterocycles. The number of hydrogen-bond donors (Lipinski definition) is 0. The van der Waals surface area contributed by atoms with E-state index in [9.17, 15) is 13.2 Å². The molecule has 0 N–H and O–H groups in total. The van der Waals surface area contributed by atoms with Gasteiger partial charge in [0.15, 0.2) is 11.5 Å². The summed E-state index contributed by atoms with van der Waals surface area (Å²) in [6.45, 7) is 5.75. The Labute approximate surface area is 142 Å². The van der Waals surface area contributed by atoms with Crippen LogP contribution in [0.2, 0.25) is 0 Å². The van der Waals surface area contributed by atoms with Crippen molar-refractivity contribution in [1.82, 2.24) is 0 Å². The number of aryl methyl sites for hydroxylation is 2. The van der Waals surface area contributed by atoms with E-state index in [0.717, 1.165) is 17.4 Å². The maximum absolute atomic E-state index is 12.5. The molecule has 0 atom stereocenters. The standard InChI is InChI=1S/C18H20O5S/c1-4-22-18-16(10-11-19)14(3)8-9-17(18)23-24(20,21)15-7-5-6-13(2)12-15/h5-9,11-12H,4,10H2,1-3H3. The average Bonchev–Trinajstić information content (AvgIpc) is 2.53. The molecule has 2 aromatic rings. The maximum atomic E-state index is 12.5. The quantitative estimate of drug-likeness (QED) is 0.568. The lowest BCUT2D eigenvalue weighted by Crippen LogP contribution is -2.12. The second-order valence-electron chi connectivity index (χ2n) is 5.35. The third kappa shape index (κ3) is 3.94. The van der Waals surface area contributed by atoms with Crippen LogP contribution in [-0.2, 0) is 21.3 Å². The molecular weight excluding hydrogens is 328 g/mol. The van der Waals surface area contributed by atoms with E-state index >= 15 is 0 Å². The van der Waals surface area contributed by atoms with Gasteiger partial charge in [0, 0.05) is 12.0 Å². The minimum absolute atomic E-state index is 0.0717. The monoisotopic (exact) mass is 348 g/mol. The number of carbonyl (C=O) groups excluding carboxylic acids is 1. The third-order valence-corrected chi connectivity index (χ3v) is 4.74. The summed E-state index contributed by atoms with van der Waals surface area (Å²) in [5.41, 5.74) is 2.28. The Bertz CT molecular complexity index is 840. The first-order valence-electron chi connectivity index (χ1n) is 7.59. The van der Waals surface area contributed by atoms with Crippen LogP contribution in [0.1, 0.15) is 23.6 Å². The van der Waals surface area contributed by atoms with Crippen LogP contribution in [-0.4, -0.2) is 21.3 Å². The lowest BCUT2D eigenvalue weighted by atomic mass is 10.0. The zero-order chi connectivity index (χ0) is 17.7. The fourth-order valence-electron chi connectivity index (χ4n) is 2.35. The van der Waals surface area contributed by atoms with Gasteiger partial charge in [-0.3, -0.25) is 0 Å². The van der Waals surface area contributed by atoms with Crippen molar-refractivity contribution >= 4 is 16.4 Å². The normalized spacial score (nSPS) is 11.1. The topological polar surface area (TPSA) is 69.7 Å². The summed E-state index contributed by atoms with van der Waals surface area (Å²) >= 11 is 0. The van der Waals surface area contributed by atoms with Gasteiger partial charge < -0.3 is 13.7 Å². The van der Waals surface area contributed by atoms with Crippen molar-refractivity contribution in [1.29, 1.82) is 0 Å². The fraction of sp³-hybridized carbons (Fsp3) is 0.278. The van der Waals surface area contributed by atoms with Crippen molar-refractivity contribution in [3.8, 4) is 11.5 Å². The Balaban J connectivity index is 2.48. The van der Waals surface area contributed by atoms with E-state index < -0.39 is 10.1 Å². The van der Waals surface area contributed by atoms with Crippen molar-refractivity contribution in [2.75, 3.05) is 6.61 Å². The number of ether oxygens (including phenoxy) is 1. The second-order valence-corrected chi connectivity index (χ2v) is 6.89. The van der Waals surface area contributed by atoms with Crippen LogP contribution in [0, 0.1) is 13.8 Å². The predicted octanol–water partition coefficient (Wildman–Crippen LogP) is 3.21. The third-order valence-electron chi connectivity index (χ3n) is 3.51. The predicted molar refractivity (Wildman–Crippen MR) is 91.1 cm³/mol. The molecule has 0 saturated carbocycles. The molecule has 0 spiro atoms. The number of carbonyl (C=O) groups is 1. The molecule has 128 valence electrons. The number of rotatable bonds is 7. The highest BCUT2D eigenvalue weighted by atomic mass is 32.2. The largest absolute Gasteiger partial charge is 0.490 e. The van der Waals surface area contributed by atoms with Crippen molar-refractivity contribution in [2.24, 2.45) is 0 Å². The first-order valence-corrected chi connectivity index (χ1v) is 9.00. The zero-order valence-corrected chi connectivity index (χ0v) is 14.7. The summed E-state index contributed by atoms with van der Waals surface area (Å²) in [5, 5.41) is 0. The lowest BCUT2D eigenvalue weighted by molar-refractivity contribution is -0.107. The molecule has 0 radical (unpaired) electrons. The van der Waals surface area contributed by atoms with Crippen molar-refractivity contribution in [3.05, 3.63) is 53.1 Å². The van der Waals surface area contributed by atoms with Crippen molar-refractivity contribution in [2.45, 2.75) is 32.1 Å². The van der Waals surface area contributed by atoms with E-state index in [4.69, 9.17) is 8.92 Å². The van der Waals surface area contributed by atoms with Gasteiger partial charge in [0.1, 0.15) is 11.2 Å². The van der Waals surface area contributed by atoms with E-state index in [-0.39, 0.29) is 17.1 Å². The van der Waals surface area contributed by atoms with E-state index in [0.29, 0.717) is 17.9 Å². The number of aldehydes is 1. The summed E-state index contributed by atoms with van der Waals surface area (Å²) in [6, 6.07) is 9.73. The van der Waals surface area contributed by atoms with E-state index in [2.05, 4.69) is 0 Å². The smallest absolute Gasteiger partial charge is 0.339 e. The van der Waals surface area contributed by atoms with E-state index in [1.165, 1.54) is 12.1 Å². The minimum Gasteiger partial charge on any atom is -0.490 e. The van der Waals surface area contributed by atoms with Gasteiger partial charge in [-0.2, -0.15) is 8.42 Å². The van der Waals surface area contributed by atoms with Gasteiger partial charge >= 0.3 is 10.1 Å². The van der Waals surface area contributed by atoms with Gasteiger partial charge in [0.25, 0.3) is 0 Å².